The first-order chi connectivity index (χ1) is 6.33. The first-order valence-electron chi connectivity index (χ1n) is 4.86. The van der Waals surface area contributed by atoms with E-state index in [-0.39, 0.29) is 5.97 Å². The monoisotopic (exact) mass is 185 g/mol. The minimum Gasteiger partial charge on any atom is -0.466 e. The molecule has 1 unspecified atom stereocenters. The van der Waals surface area contributed by atoms with E-state index in [4.69, 9.17) is 4.74 Å². The van der Waals surface area contributed by atoms with E-state index < -0.39 is 0 Å². The molecule has 1 rings (SSSR count). The molecule has 1 aliphatic heterocycles. The van der Waals surface area contributed by atoms with E-state index in [9.17, 15) is 4.79 Å². The maximum Gasteiger partial charge on any atom is 0.305 e. The number of nitrogens with zero attached hydrogens (tertiary/aromatic N) is 1. The van der Waals surface area contributed by atoms with E-state index in [2.05, 4.69) is 10.6 Å². The summed E-state index contributed by atoms with van der Waals surface area (Å²) in [4.78, 5) is 10.8. The third-order valence-corrected chi connectivity index (χ3v) is 2.06. The van der Waals surface area contributed by atoms with Crippen LogP contribution in [0.5, 0.6) is 0 Å². The number of piperazine rings is 1. The van der Waals surface area contributed by atoms with Crippen LogP contribution in [0.1, 0.15) is 19.8 Å². The first-order valence-corrected chi connectivity index (χ1v) is 4.86. The minimum absolute atomic E-state index is 0.122. The number of hydrogen-bond donors (Lipinski definition) is 1. The zero-order valence-electron chi connectivity index (χ0n) is 8.08. The molecular weight excluding hydrogens is 168 g/mol. The second kappa shape index (κ2) is 5.94. The van der Waals surface area contributed by atoms with Gasteiger partial charge in [0.1, 0.15) is 0 Å². The Hall–Kier alpha value is -0.610. The van der Waals surface area contributed by atoms with Gasteiger partial charge in [0, 0.05) is 32.1 Å². The Morgan fingerprint density at radius 3 is 3.15 bits per heavy atom. The van der Waals surface area contributed by atoms with E-state index in [1.165, 1.54) is 0 Å². The molecule has 0 aromatic rings. The number of nitrogens with one attached hydrogen (secondary N) is 1. The van der Waals surface area contributed by atoms with Crippen LogP contribution >= 0.6 is 0 Å². The third-order valence-electron chi connectivity index (χ3n) is 2.06. The lowest BCUT2D eigenvalue weighted by molar-refractivity contribution is -0.143. The fourth-order valence-corrected chi connectivity index (χ4v) is 1.26. The molecule has 0 spiro atoms. The van der Waals surface area contributed by atoms with Crippen LogP contribution in [0.3, 0.4) is 0 Å². The molecule has 1 saturated heterocycles. The highest BCUT2D eigenvalue weighted by Crippen LogP contribution is 1.97. The average Bonchev–Trinajstić information content (AvgIpc) is 2.19. The Bertz CT molecular complexity index is 156. The van der Waals surface area contributed by atoms with Gasteiger partial charge in [-0.1, -0.05) is 6.92 Å². The largest absolute Gasteiger partial charge is 0.466 e. The van der Waals surface area contributed by atoms with Gasteiger partial charge in [0.15, 0.2) is 0 Å². The summed E-state index contributed by atoms with van der Waals surface area (Å²) in [5.74, 6) is -0.122. The van der Waals surface area contributed by atoms with Crippen molar-refractivity contribution < 1.29 is 9.53 Å². The van der Waals surface area contributed by atoms with Crippen LogP contribution in [0.25, 0.3) is 0 Å². The van der Waals surface area contributed by atoms with Gasteiger partial charge in [0.05, 0.1) is 6.61 Å². The van der Waals surface area contributed by atoms with Gasteiger partial charge in [-0.05, 0) is 6.42 Å². The standard InChI is InChI=1S/C9H17N2O2/c1-2-9(12)13-6-3-8-7-10-4-5-11-8/h8,10H,2-7H2,1H3. The predicted molar refractivity (Wildman–Crippen MR) is 49.5 cm³/mol. The highest BCUT2D eigenvalue weighted by atomic mass is 16.5. The summed E-state index contributed by atoms with van der Waals surface area (Å²) >= 11 is 0. The zero-order valence-corrected chi connectivity index (χ0v) is 8.08. The highest BCUT2D eigenvalue weighted by Gasteiger charge is 2.13. The van der Waals surface area contributed by atoms with Crippen LogP contribution in [0.2, 0.25) is 0 Å². The Balaban J connectivity index is 2.01. The summed E-state index contributed by atoms with van der Waals surface area (Å²) in [5, 5.41) is 7.65. The maximum absolute atomic E-state index is 10.8. The Morgan fingerprint density at radius 2 is 2.54 bits per heavy atom. The van der Waals surface area contributed by atoms with Gasteiger partial charge in [-0.3, -0.25) is 4.79 Å². The predicted octanol–water partition coefficient (Wildman–Crippen LogP) is -0.0941. The van der Waals surface area contributed by atoms with Gasteiger partial charge in [0.2, 0.25) is 0 Å². The quantitative estimate of drug-likeness (QED) is 0.623. The van der Waals surface area contributed by atoms with Crippen molar-refractivity contribution in [3.63, 3.8) is 0 Å². The summed E-state index contributed by atoms with van der Waals surface area (Å²) in [6.07, 6.45) is 1.30. The lowest BCUT2D eigenvalue weighted by atomic mass is 10.2. The molecule has 0 amide bonds. The van der Waals surface area contributed by atoms with Gasteiger partial charge in [-0.15, -0.1) is 0 Å². The summed E-state index contributed by atoms with van der Waals surface area (Å²) in [5.41, 5.74) is 0. The fraction of sp³-hybridized carbons (Fsp3) is 0.889. The van der Waals surface area contributed by atoms with Crippen LogP contribution in [0.4, 0.5) is 0 Å². The van der Waals surface area contributed by atoms with Crippen LogP contribution in [0.15, 0.2) is 0 Å². The molecule has 4 nitrogen and oxygen atoms in total. The molecule has 1 heterocycles. The van der Waals surface area contributed by atoms with E-state index in [1.54, 1.807) is 6.92 Å². The second-order valence-electron chi connectivity index (χ2n) is 3.13. The molecule has 0 aliphatic carbocycles. The molecule has 1 fully saturated rings. The molecule has 1 radical (unpaired) electrons. The summed E-state index contributed by atoms with van der Waals surface area (Å²) in [6, 6.07) is 0.332. The maximum atomic E-state index is 10.8. The highest BCUT2D eigenvalue weighted by molar-refractivity contribution is 5.68. The van der Waals surface area contributed by atoms with Gasteiger partial charge >= 0.3 is 5.97 Å². The number of esters is 1. The number of carbonyl (C=O) groups excluding carboxylic acids is 1. The molecule has 0 aromatic carbocycles. The molecule has 4 heteroatoms. The fourth-order valence-electron chi connectivity index (χ4n) is 1.26. The van der Waals surface area contributed by atoms with E-state index in [0.29, 0.717) is 19.1 Å². The van der Waals surface area contributed by atoms with Gasteiger partial charge in [-0.2, -0.15) is 0 Å². The normalized spacial score (nSPS) is 22.7. The van der Waals surface area contributed by atoms with Crippen LogP contribution in [-0.2, 0) is 9.53 Å². The average molecular weight is 185 g/mol. The molecular formula is C9H17N2O2. The van der Waals surface area contributed by atoms with Crippen molar-refractivity contribution in [3.05, 3.63) is 0 Å². The Morgan fingerprint density at radius 1 is 1.69 bits per heavy atom. The van der Waals surface area contributed by atoms with E-state index in [0.717, 1.165) is 26.1 Å². The smallest absolute Gasteiger partial charge is 0.305 e. The Kier molecular flexibility index (Phi) is 4.78. The lowest BCUT2D eigenvalue weighted by Gasteiger charge is -2.22. The molecule has 0 bridgehead atoms. The number of hydrogen-bond acceptors (Lipinski definition) is 3. The van der Waals surface area contributed by atoms with Gasteiger partial charge < -0.3 is 10.1 Å². The second-order valence-corrected chi connectivity index (χ2v) is 3.13. The lowest BCUT2D eigenvalue weighted by Crippen LogP contribution is -2.44. The molecule has 75 valence electrons. The number of ether oxygens (including phenoxy) is 1. The molecule has 1 atom stereocenters. The Labute approximate surface area is 79.0 Å². The minimum atomic E-state index is -0.122. The van der Waals surface area contributed by atoms with Crippen molar-refractivity contribution in [1.29, 1.82) is 0 Å². The molecule has 1 N–H and O–H groups in total. The number of carbonyl (C=O) groups is 1. The first kappa shape index (κ1) is 10.5. The van der Waals surface area contributed by atoms with Crippen molar-refractivity contribution in [1.82, 2.24) is 10.6 Å². The summed E-state index contributed by atoms with van der Waals surface area (Å²) < 4.78 is 4.97. The van der Waals surface area contributed by atoms with Crippen molar-refractivity contribution in [2.75, 3.05) is 26.2 Å². The zero-order chi connectivity index (χ0) is 9.52. The topological polar surface area (TPSA) is 52.4 Å². The van der Waals surface area contributed by atoms with Crippen molar-refractivity contribution >= 4 is 5.97 Å². The van der Waals surface area contributed by atoms with Crippen molar-refractivity contribution in [3.8, 4) is 0 Å². The molecule has 1 aliphatic rings. The molecule has 0 aromatic heterocycles. The van der Waals surface area contributed by atoms with E-state index in [1.807, 2.05) is 0 Å². The van der Waals surface area contributed by atoms with E-state index >= 15 is 0 Å². The van der Waals surface area contributed by atoms with Crippen LogP contribution in [0, 0.1) is 0 Å². The van der Waals surface area contributed by atoms with Crippen molar-refractivity contribution in [2.24, 2.45) is 0 Å². The van der Waals surface area contributed by atoms with Crippen molar-refractivity contribution in [2.45, 2.75) is 25.8 Å². The third kappa shape index (κ3) is 4.24. The van der Waals surface area contributed by atoms with Gasteiger partial charge in [-0.25, -0.2) is 5.32 Å². The summed E-state index contributed by atoms with van der Waals surface area (Å²) in [7, 11) is 0. The van der Waals surface area contributed by atoms with Gasteiger partial charge in [0.25, 0.3) is 0 Å². The van der Waals surface area contributed by atoms with Crippen LogP contribution < -0.4 is 10.6 Å². The molecule has 0 saturated carbocycles. The van der Waals surface area contributed by atoms with Crippen LogP contribution in [-0.4, -0.2) is 38.3 Å². The molecule has 13 heavy (non-hydrogen) atoms. The summed E-state index contributed by atoms with van der Waals surface area (Å²) in [6.45, 7) is 5.08. The number of rotatable bonds is 4. The SMILES string of the molecule is CCC(=O)OCCC1CNCC[N]1.